The number of piperazine rings is 1. The number of allylic oxidation sites excluding steroid dienone is 2. The van der Waals surface area contributed by atoms with Crippen LogP contribution < -0.4 is 9.80 Å². The first kappa shape index (κ1) is 13.7. The van der Waals surface area contributed by atoms with Crippen molar-refractivity contribution < 1.29 is 4.90 Å². The van der Waals surface area contributed by atoms with Crippen LogP contribution >= 0.6 is 11.6 Å². The molecular formula is C18H24ClN2+. The summed E-state index contributed by atoms with van der Waals surface area (Å²) in [6.45, 7) is 6.15. The zero-order chi connectivity index (χ0) is 14.2. The highest BCUT2D eigenvalue weighted by molar-refractivity contribution is 6.33. The van der Waals surface area contributed by atoms with Gasteiger partial charge < -0.3 is 9.80 Å². The van der Waals surface area contributed by atoms with Gasteiger partial charge in [0.2, 0.25) is 0 Å². The normalized spacial score (nSPS) is 32.0. The number of hydrogen-bond acceptors (Lipinski definition) is 1. The molecular weight excluding hydrogens is 280 g/mol. The second-order valence-electron chi connectivity index (χ2n) is 6.93. The van der Waals surface area contributed by atoms with E-state index in [4.69, 9.17) is 11.6 Å². The minimum Gasteiger partial charge on any atom is -0.359 e. The van der Waals surface area contributed by atoms with Gasteiger partial charge in [-0.15, -0.1) is 0 Å². The van der Waals surface area contributed by atoms with Crippen molar-refractivity contribution in [2.75, 3.05) is 37.6 Å². The van der Waals surface area contributed by atoms with Gasteiger partial charge >= 0.3 is 0 Å². The van der Waals surface area contributed by atoms with Crippen molar-refractivity contribution in [1.29, 1.82) is 0 Å². The second kappa shape index (κ2) is 5.66. The van der Waals surface area contributed by atoms with Crippen LogP contribution in [0.1, 0.15) is 12.8 Å². The molecule has 1 saturated heterocycles. The molecule has 2 aliphatic carbocycles. The Labute approximate surface area is 132 Å². The van der Waals surface area contributed by atoms with Crippen molar-refractivity contribution in [3.63, 3.8) is 0 Å². The number of nitrogens with one attached hydrogen (secondary N) is 1. The first-order valence-electron chi connectivity index (χ1n) is 8.31. The van der Waals surface area contributed by atoms with Gasteiger partial charge in [0, 0.05) is 5.92 Å². The highest BCUT2D eigenvalue weighted by Gasteiger charge is 2.38. The van der Waals surface area contributed by atoms with Crippen LogP contribution in [0.5, 0.6) is 0 Å². The number of anilines is 1. The Bertz CT molecular complexity index is 534. The van der Waals surface area contributed by atoms with E-state index in [9.17, 15) is 0 Å². The van der Waals surface area contributed by atoms with Gasteiger partial charge in [-0.25, -0.2) is 0 Å². The minimum atomic E-state index is 0.888. The van der Waals surface area contributed by atoms with E-state index in [0.717, 1.165) is 35.9 Å². The fraction of sp³-hybridized carbons (Fsp3) is 0.556. The Morgan fingerprint density at radius 3 is 2.57 bits per heavy atom. The summed E-state index contributed by atoms with van der Waals surface area (Å²) in [7, 11) is 0. The molecule has 21 heavy (non-hydrogen) atoms. The van der Waals surface area contributed by atoms with Gasteiger partial charge in [-0.05, 0) is 36.8 Å². The standard InChI is InChI=1S/C18H23ClN2/c19-17-3-1-2-4-18(17)21-9-7-20(8-10-21)13-16-12-14-5-6-15(16)11-14/h1-6,14-16H,7-13H2/p+1/t14-,15-,16-/m0/s1. The summed E-state index contributed by atoms with van der Waals surface area (Å²) < 4.78 is 0. The molecule has 1 saturated carbocycles. The number of rotatable bonds is 3. The van der Waals surface area contributed by atoms with Crippen LogP contribution in [0.2, 0.25) is 5.02 Å². The predicted molar refractivity (Wildman–Crippen MR) is 88.1 cm³/mol. The molecule has 0 spiro atoms. The third-order valence-electron chi connectivity index (χ3n) is 5.63. The molecule has 1 aliphatic heterocycles. The van der Waals surface area contributed by atoms with Crippen molar-refractivity contribution in [3.05, 3.63) is 41.4 Å². The fourth-order valence-corrected chi connectivity index (χ4v) is 4.73. The molecule has 3 aliphatic rings. The minimum absolute atomic E-state index is 0.888. The molecule has 3 atom stereocenters. The average molecular weight is 304 g/mol. The molecule has 4 rings (SSSR count). The van der Waals surface area contributed by atoms with E-state index in [1.807, 2.05) is 12.1 Å². The number of quaternary nitrogens is 1. The monoisotopic (exact) mass is 303 g/mol. The third kappa shape index (κ3) is 2.72. The maximum Gasteiger partial charge on any atom is 0.0949 e. The van der Waals surface area contributed by atoms with Gasteiger partial charge in [0.25, 0.3) is 0 Å². The summed E-state index contributed by atoms with van der Waals surface area (Å²) in [5.74, 6) is 2.75. The highest BCUT2D eigenvalue weighted by atomic mass is 35.5. The lowest BCUT2D eigenvalue weighted by atomic mass is 9.93. The molecule has 0 amide bonds. The Balaban J connectivity index is 1.33. The van der Waals surface area contributed by atoms with E-state index < -0.39 is 0 Å². The molecule has 1 heterocycles. The molecule has 112 valence electrons. The van der Waals surface area contributed by atoms with Crippen LogP contribution in [-0.2, 0) is 0 Å². The molecule has 0 radical (unpaired) electrons. The van der Waals surface area contributed by atoms with Crippen molar-refractivity contribution in [2.24, 2.45) is 17.8 Å². The van der Waals surface area contributed by atoms with E-state index in [0.29, 0.717) is 0 Å². The zero-order valence-corrected chi connectivity index (χ0v) is 13.2. The summed E-state index contributed by atoms with van der Waals surface area (Å²) >= 11 is 6.32. The quantitative estimate of drug-likeness (QED) is 0.842. The Morgan fingerprint density at radius 2 is 1.90 bits per heavy atom. The van der Waals surface area contributed by atoms with Crippen LogP contribution in [0, 0.1) is 17.8 Å². The van der Waals surface area contributed by atoms with E-state index >= 15 is 0 Å². The SMILES string of the molecule is Clc1ccccc1N1CC[NH+](C[C@@H]2C[C@H]3C=C[C@H]2C3)CC1. The second-order valence-corrected chi connectivity index (χ2v) is 7.34. The Morgan fingerprint density at radius 1 is 1.10 bits per heavy atom. The maximum absolute atomic E-state index is 6.32. The Kier molecular flexibility index (Phi) is 3.68. The lowest BCUT2D eigenvalue weighted by Gasteiger charge is -2.35. The lowest BCUT2D eigenvalue weighted by Crippen LogP contribution is -3.15. The molecule has 2 fully saturated rings. The van der Waals surface area contributed by atoms with Gasteiger partial charge in [0.1, 0.15) is 0 Å². The first-order chi connectivity index (χ1) is 10.3. The predicted octanol–water partition coefficient (Wildman–Crippen LogP) is 2.26. The van der Waals surface area contributed by atoms with E-state index in [1.54, 1.807) is 4.90 Å². The summed E-state index contributed by atoms with van der Waals surface area (Å²) in [4.78, 5) is 4.25. The molecule has 3 heteroatoms. The van der Waals surface area contributed by atoms with Gasteiger partial charge in [0.05, 0.1) is 43.4 Å². The summed E-state index contributed by atoms with van der Waals surface area (Å²) in [6.07, 6.45) is 7.81. The lowest BCUT2D eigenvalue weighted by molar-refractivity contribution is -0.904. The van der Waals surface area contributed by atoms with Crippen LogP contribution in [0.3, 0.4) is 0 Å². The number of para-hydroxylation sites is 1. The van der Waals surface area contributed by atoms with Crippen molar-refractivity contribution in [1.82, 2.24) is 0 Å². The largest absolute Gasteiger partial charge is 0.359 e. The topological polar surface area (TPSA) is 7.68 Å². The summed E-state index contributed by atoms with van der Waals surface area (Å²) in [5, 5.41) is 0.888. The number of hydrogen-bond donors (Lipinski definition) is 1. The molecule has 2 nitrogen and oxygen atoms in total. The van der Waals surface area contributed by atoms with E-state index in [1.165, 1.54) is 38.2 Å². The molecule has 1 aromatic carbocycles. The van der Waals surface area contributed by atoms with Crippen LogP contribution in [0.15, 0.2) is 36.4 Å². The fourth-order valence-electron chi connectivity index (χ4n) is 4.48. The molecule has 0 aromatic heterocycles. The number of nitrogens with zero attached hydrogens (tertiary/aromatic N) is 1. The smallest absolute Gasteiger partial charge is 0.0949 e. The number of fused-ring (bicyclic) bond motifs is 2. The van der Waals surface area contributed by atoms with Crippen LogP contribution in [-0.4, -0.2) is 32.7 Å². The summed E-state index contributed by atoms with van der Waals surface area (Å²) in [6, 6.07) is 8.24. The van der Waals surface area contributed by atoms with Crippen molar-refractivity contribution in [2.45, 2.75) is 12.8 Å². The summed E-state index contributed by atoms with van der Waals surface area (Å²) in [5.41, 5.74) is 1.21. The third-order valence-corrected chi connectivity index (χ3v) is 5.95. The van der Waals surface area contributed by atoms with Crippen molar-refractivity contribution >= 4 is 17.3 Å². The maximum atomic E-state index is 6.32. The highest BCUT2D eigenvalue weighted by Crippen LogP contribution is 2.42. The Hall–Kier alpha value is -0.990. The average Bonchev–Trinajstić information content (AvgIpc) is 3.11. The van der Waals surface area contributed by atoms with Gasteiger partial charge in [0.15, 0.2) is 0 Å². The molecule has 2 bridgehead atoms. The van der Waals surface area contributed by atoms with E-state index in [2.05, 4.69) is 29.2 Å². The van der Waals surface area contributed by atoms with Crippen molar-refractivity contribution in [3.8, 4) is 0 Å². The zero-order valence-electron chi connectivity index (χ0n) is 12.5. The molecule has 1 aromatic rings. The van der Waals surface area contributed by atoms with Gasteiger partial charge in [-0.3, -0.25) is 0 Å². The number of halogens is 1. The van der Waals surface area contributed by atoms with Crippen LogP contribution in [0.25, 0.3) is 0 Å². The van der Waals surface area contributed by atoms with Crippen LogP contribution in [0.4, 0.5) is 5.69 Å². The van der Waals surface area contributed by atoms with Gasteiger partial charge in [-0.2, -0.15) is 0 Å². The molecule has 1 N–H and O–H groups in total. The van der Waals surface area contributed by atoms with Gasteiger partial charge in [-0.1, -0.05) is 35.9 Å². The molecule has 0 unspecified atom stereocenters. The first-order valence-corrected chi connectivity index (χ1v) is 8.69. The van der Waals surface area contributed by atoms with E-state index in [-0.39, 0.29) is 0 Å². The number of benzene rings is 1.